The molecular formula is C14H15N3O2. The Morgan fingerprint density at radius 3 is 2.89 bits per heavy atom. The van der Waals surface area contributed by atoms with Gasteiger partial charge < -0.3 is 10.6 Å². The minimum absolute atomic E-state index is 0.120. The number of nitrogens with one attached hydrogen (secondary N) is 2. The summed E-state index contributed by atoms with van der Waals surface area (Å²) in [5, 5.41) is 13.3. The molecule has 2 N–H and O–H groups in total. The average molecular weight is 257 g/mol. The molecule has 5 nitrogen and oxygen atoms in total. The van der Waals surface area contributed by atoms with E-state index in [9.17, 15) is 9.59 Å². The summed E-state index contributed by atoms with van der Waals surface area (Å²) in [5.74, 6) is -1.44. The van der Waals surface area contributed by atoms with Crippen molar-refractivity contribution in [3.05, 3.63) is 35.4 Å². The number of amides is 2. The van der Waals surface area contributed by atoms with Crippen LogP contribution in [0.5, 0.6) is 0 Å². The quantitative estimate of drug-likeness (QED) is 0.608. The maximum Gasteiger partial charge on any atom is 0.310 e. The molecular weight excluding hydrogens is 242 g/mol. The van der Waals surface area contributed by atoms with Gasteiger partial charge in [-0.15, -0.1) is 0 Å². The van der Waals surface area contributed by atoms with Gasteiger partial charge in [0.15, 0.2) is 0 Å². The number of carbonyl (C=O) groups is 2. The number of benzene rings is 1. The largest absolute Gasteiger partial charge is 0.341 e. The van der Waals surface area contributed by atoms with Gasteiger partial charge in [-0.2, -0.15) is 5.26 Å². The van der Waals surface area contributed by atoms with E-state index in [-0.39, 0.29) is 12.6 Å². The molecule has 1 aromatic carbocycles. The molecule has 0 aliphatic heterocycles. The van der Waals surface area contributed by atoms with Crippen molar-refractivity contribution in [2.75, 3.05) is 6.54 Å². The van der Waals surface area contributed by atoms with E-state index < -0.39 is 11.8 Å². The summed E-state index contributed by atoms with van der Waals surface area (Å²) in [6.45, 7) is -0.159. The van der Waals surface area contributed by atoms with Crippen molar-refractivity contribution in [3.63, 3.8) is 0 Å². The zero-order chi connectivity index (χ0) is 13.7. The van der Waals surface area contributed by atoms with Gasteiger partial charge in [-0.05, 0) is 30.4 Å². The molecule has 1 aliphatic rings. The zero-order valence-corrected chi connectivity index (χ0v) is 10.5. The molecule has 0 heterocycles. The lowest BCUT2D eigenvalue weighted by molar-refractivity contribution is -0.139. The molecule has 1 aromatic rings. The SMILES string of the molecule is N#CCNC(=O)C(=O)NC1CCCc2ccccc21. The van der Waals surface area contributed by atoms with Gasteiger partial charge in [-0.25, -0.2) is 0 Å². The Labute approximate surface area is 111 Å². The molecule has 0 spiro atoms. The smallest absolute Gasteiger partial charge is 0.310 e. The first-order valence-corrected chi connectivity index (χ1v) is 6.26. The van der Waals surface area contributed by atoms with Gasteiger partial charge in [0, 0.05) is 0 Å². The summed E-state index contributed by atoms with van der Waals surface area (Å²) < 4.78 is 0. The normalized spacial score (nSPS) is 16.9. The molecule has 98 valence electrons. The Bertz CT molecular complexity index is 534. The molecule has 2 rings (SSSR count). The minimum Gasteiger partial charge on any atom is -0.341 e. The van der Waals surface area contributed by atoms with Crippen LogP contribution in [0.4, 0.5) is 0 Å². The highest BCUT2D eigenvalue weighted by atomic mass is 16.2. The first-order chi connectivity index (χ1) is 9.22. The van der Waals surface area contributed by atoms with Crippen LogP contribution in [0.3, 0.4) is 0 Å². The van der Waals surface area contributed by atoms with Crippen LogP contribution in [0.2, 0.25) is 0 Å². The van der Waals surface area contributed by atoms with E-state index in [4.69, 9.17) is 5.26 Å². The van der Waals surface area contributed by atoms with Crippen LogP contribution in [-0.4, -0.2) is 18.4 Å². The standard InChI is InChI=1S/C14H15N3O2/c15-8-9-16-13(18)14(19)17-12-7-3-5-10-4-1-2-6-11(10)12/h1-2,4,6,12H,3,5,7,9H2,(H,16,18)(H,17,19). The predicted octanol–water partition coefficient (Wildman–Crippen LogP) is 0.820. The molecule has 0 fully saturated rings. The predicted molar refractivity (Wildman–Crippen MR) is 68.9 cm³/mol. The van der Waals surface area contributed by atoms with Crippen LogP contribution in [0, 0.1) is 11.3 Å². The van der Waals surface area contributed by atoms with E-state index in [0.29, 0.717) is 0 Å². The lowest BCUT2D eigenvalue weighted by atomic mass is 9.88. The molecule has 19 heavy (non-hydrogen) atoms. The van der Waals surface area contributed by atoms with E-state index in [0.717, 1.165) is 24.8 Å². The second-order valence-electron chi connectivity index (χ2n) is 4.46. The third-order valence-corrected chi connectivity index (χ3v) is 3.21. The molecule has 1 aliphatic carbocycles. The van der Waals surface area contributed by atoms with E-state index in [1.807, 2.05) is 24.3 Å². The van der Waals surface area contributed by atoms with Crippen LogP contribution in [0.15, 0.2) is 24.3 Å². The van der Waals surface area contributed by atoms with Crippen molar-refractivity contribution >= 4 is 11.8 Å². The van der Waals surface area contributed by atoms with Crippen LogP contribution in [0.1, 0.15) is 30.0 Å². The maximum absolute atomic E-state index is 11.7. The second-order valence-corrected chi connectivity index (χ2v) is 4.46. The molecule has 0 aromatic heterocycles. The highest BCUT2D eigenvalue weighted by Gasteiger charge is 2.23. The monoisotopic (exact) mass is 257 g/mol. The number of aryl methyl sites for hydroxylation is 1. The number of carbonyl (C=O) groups excluding carboxylic acids is 2. The fourth-order valence-electron chi connectivity index (χ4n) is 2.33. The number of rotatable bonds is 2. The topological polar surface area (TPSA) is 82.0 Å². The van der Waals surface area contributed by atoms with Crippen LogP contribution < -0.4 is 10.6 Å². The van der Waals surface area contributed by atoms with Crippen LogP contribution in [0.25, 0.3) is 0 Å². The van der Waals surface area contributed by atoms with Crippen molar-refractivity contribution in [2.24, 2.45) is 0 Å². The second kappa shape index (κ2) is 6.01. The fourth-order valence-corrected chi connectivity index (χ4v) is 2.33. The summed E-state index contributed by atoms with van der Waals surface area (Å²) in [4.78, 5) is 23.1. The Morgan fingerprint density at radius 2 is 2.11 bits per heavy atom. The first-order valence-electron chi connectivity index (χ1n) is 6.26. The van der Waals surface area contributed by atoms with Gasteiger partial charge in [0.25, 0.3) is 0 Å². The Hall–Kier alpha value is -2.35. The van der Waals surface area contributed by atoms with Gasteiger partial charge in [-0.3, -0.25) is 9.59 Å². The van der Waals surface area contributed by atoms with Crippen molar-refractivity contribution in [3.8, 4) is 6.07 Å². The van der Waals surface area contributed by atoms with Gasteiger partial charge in [0.05, 0.1) is 12.1 Å². The maximum atomic E-state index is 11.7. The van der Waals surface area contributed by atoms with Crippen LogP contribution >= 0.6 is 0 Å². The number of hydrogen-bond donors (Lipinski definition) is 2. The highest BCUT2D eigenvalue weighted by molar-refractivity contribution is 6.35. The molecule has 5 heteroatoms. The lowest BCUT2D eigenvalue weighted by Gasteiger charge is -2.26. The van der Waals surface area contributed by atoms with Crippen molar-refractivity contribution in [1.29, 1.82) is 5.26 Å². The third kappa shape index (κ3) is 3.10. The van der Waals surface area contributed by atoms with Crippen molar-refractivity contribution < 1.29 is 9.59 Å². The highest BCUT2D eigenvalue weighted by Crippen LogP contribution is 2.29. The molecule has 1 atom stereocenters. The number of nitriles is 1. The summed E-state index contributed by atoms with van der Waals surface area (Å²) in [6, 6.07) is 9.57. The number of hydrogen-bond acceptors (Lipinski definition) is 3. The summed E-state index contributed by atoms with van der Waals surface area (Å²) in [5.41, 5.74) is 2.30. The molecule has 0 saturated heterocycles. The Kier molecular flexibility index (Phi) is 4.14. The minimum atomic E-state index is -0.760. The van der Waals surface area contributed by atoms with Crippen LogP contribution in [-0.2, 0) is 16.0 Å². The molecule has 1 unspecified atom stereocenters. The fraction of sp³-hybridized carbons (Fsp3) is 0.357. The number of fused-ring (bicyclic) bond motifs is 1. The summed E-state index contributed by atoms with van der Waals surface area (Å²) >= 11 is 0. The molecule has 0 saturated carbocycles. The lowest BCUT2D eigenvalue weighted by Crippen LogP contribution is -2.42. The van der Waals surface area contributed by atoms with Gasteiger partial charge >= 0.3 is 11.8 Å². The summed E-state index contributed by atoms with van der Waals surface area (Å²) in [7, 11) is 0. The molecule has 2 amide bonds. The van der Waals surface area contributed by atoms with E-state index in [2.05, 4.69) is 10.6 Å². The van der Waals surface area contributed by atoms with E-state index >= 15 is 0 Å². The molecule has 0 bridgehead atoms. The average Bonchev–Trinajstić information content (AvgIpc) is 2.45. The first kappa shape index (κ1) is 13.1. The Morgan fingerprint density at radius 1 is 1.32 bits per heavy atom. The van der Waals surface area contributed by atoms with Crippen molar-refractivity contribution in [2.45, 2.75) is 25.3 Å². The Balaban J connectivity index is 2.03. The van der Waals surface area contributed by atoms with Gasteiger partial charge in [0.1, 0.15) is 6.54 Å². The van der Waals surface area contributed by atoms with E-state index in [1.165, 1.54) is 5.56 Å². The molecule has 0 radical (unpaired) electrons. The van der Waals surface area contributed by atoms with E-state index in [1.54, 1.807) is 6.07 Å². The van der Waals surface area contributed by atoms with Gasteiger partial charge in [-0.1, -0.05) is 24.3 Å². The third-order valence-electron chi connectivity index (χ3n) is 3.21. The van der Waals surface area contributed by atoms with Crippen molar-refractivity contribution in [1.82, 2.24) is 10.6 Å². The van der Waals surface area contributed by atoms with Gasteiger partial charge in [0.2, 0.25) is 0 Å². The number of nitrogens with zero attached hydrogens (tertiary/aromatic N) is 1. The zero-order valence-electron chi connectivity index (χ0n) is 10.5. The summed E-state index contributed by atoms with van der Waals surface area (Å²) in [6.07, 6.45) is 2.82.